The molecule has 0 fully saturated rings. The second-order valence-electron chi connectivity index (χ2n) is 5.35. The molecule has 0 aliphatic rings. The summed E-state index contributed by atoms with van der Waals surface area (Å²) in [5.74, 6) is -7.07. The predicted octanol–water partition coefficient (Wildman–Crippen LogP) is -0.964. The minimum absolute atomic E-state index is 0.321. The van der Waals surface area contributed by atoms with Crippen LogP contribution in [0, 0.1) is 0 Å². The Balaban J connectivity index is 0.000000518. The number of hydrogen-bond acceptors (Lipinski definition) is 9. The summed E-state index contributed by atoms with van der Waals surface area (Å²) in [4.78, 5) is 63.9. The number of carbonyl (C=O) groups is 6. The summed E-state index contributed by atoms with van der Waals surface area (Å²) < 4.78 is 8.19. The van der Waals surface area contributed by atoms with Gasteiger partial charge in [0.05, 0.1) is 12.8 Å². The van der Waals surface area contributed by atoms with Crippen molar-refractivity contribution in [1.29, 1.82) is 0 Å². The summed E-state index contributed by atoms with van der Waals surface area (Å²) in [5.41, 5.74) is 0.643. The minimum atomic E-state index is -1.82. The molecular weight excluding hydrogens is 435 g/mol. The van der Waals surface area contributed by atoms with Gasteiger partial charge in [-0.25, -0.2) is 0 Å². The first-order valence-corrected chi connectivity index (χ1v) is 8.62. The summed E-state index contributed by atoms with van der Waals surface area (Å²) in [6.45, 7) is 0. The van der Waals surface area contributed by atoms with Gasteiger partial charge in [0.15, 0.2) is 23.1 Å². The second-order valence-corrected chi connectivity index (χ2v) is 5.35. The van der Waals surface area contributed by atoms with Crippen LogP contribution in [-0.2, 0) is 40.2 Å². The van der Waals surface area contributed by atoms with Crippen molar-refractivity contribution < 1.29 is 60.0 Å². The summed E-state index contributed by atoms with van der Waals surface area (Å²) in [6.07, 6.45) is -1.29. The van der Waals surface area contributed by atoms with Gasteiger partial charge in [0.1, 0.15) is 11.9 Å². The number of carboxylic acids is 2. The van der Waals surface area contributed by atoms with Crippen LogP contribution in [0.4, 0.5) is 0 Å². The number of rotatable bonds is 8. The third kappa shape index (κ3) is 10.1. The van der Waals surface area contributed by atoms with E-state index in [2.05, 4.69) is 0 Å². The molecule has 153 valence electrons. The van der Waals surface area contributed by atoms with Gasteiger partial charge in [0, 0.05) is 11.1 Å². The van der Waals surface area contributed by atoms with E-state index in [-0.39, 0.29) is 0 Å². The molecule has 0 aromatic heterocycles. The fourth-order valence-corrected chi connectivity index (χ4v) is 1.89. The van der Waals surface area contributed by atoms with Crippen LogP contribution < -0.4 is 10.2 Å². The van der Waals surface area contributed by atoms with Gasteiger partial charge in [-0.05, 0) is 0 Å². The standard InChI is InChI=1S/2C10H8O4.O.V/c2*11-8(6-9(12)10(13)14)7-4-2-1-3-5-7;;/h2*1-5H,6H2,(H,13,14);;/q;;;+2/p-2. The Morgan fingerprint density at radius 2 is 0.833 bits per heavy atom. The van der Waals surface area contributed by atoms with Crippen LogP contribution >= 0.6 is 0 Å². The van der Waals surface area contributed by atoms with Crippen LogP contribution in [0.3, 0.4) is 0 Å². The molecule has 30 heavy (non-hydrogen) atoms. The Bertz CT molecular complexity index is 833. The van der Waals surface area contributed by atoms with Gasteiger partial charge in [0.2, 0.25) is 0 Å². The molecule has 0 saturated carbocycles. The van der Waals surface area contributed by atoms with Gasteiger partial charge in [-0.15, -0.1) is 0 Å². The van der Waals surface area contributed by atoms with E-state index in [0.717, 1.165) is 17.4 Å². The Labute approximate surface area is 179 Å². The van der Waals surface area contributed by atoms with E-state index >= 15 is 0 Å². The number of carbonyl (C=O) groups excluding carboxylic acids is 6. The van der Waals surface area contributed by atoms with Crippen molar-refractivity contribution in [2.24, 2.45) is 0 Å². The molecule has 0 aliphatic heterocycles. The van der Waals surface area contributed by atoms with Crippen LogP contribution in [-0.4, -0.2) is 35.1 Å². The molecule has 0 bridgehead atoms. The van der Waals surface area contributed by atoms with Crippen molar-refractivity contribution in [3.05, 3.63) is 71.8 Å². The zero-order valence-corrected chi connectivity index (χ0v) is 16.7. The van der Waals surface area contributed by atoms with E-state index in [1.807, 2.05) is 0 Å². The number of aliphatic carboxylic acids is 2. The Morgan fingerprint density at radius 3 is 1.07 bits per heavy atom. The Hall–Kier alpha value is -3.56. The van der Waals surface area contributed by atoms with E-state index < -0.39 is 47.9 Å². The van der Waals surface area contributed by atoms with E-state index in [1.165, 1.54) is 24.3 Å². The molecule has 0 atom stereocenters. The second kappa shape index (κ2) is 14.4. The predicted molar refractivity (Wildman–Crippen MR) is 91.5 cm³/mol. The van der Waals surface area contributed by atoms with Crippen molar-refractivity contribution in [2.45, 2.75) is 12.8 Å². The summed E-state index contributed by atoms with van der Waals surface area (Å²) in [6, 6.07) is 16.1. The first kappa shape index (κ1) is 26.4. The summed E-state index contributed by atoms with van der Waals surface area (Å²) in [7, 11) is 0. The van der Waals surface area contributed by atoms with Crippen LogP contribution in [0.1, 0.15) is 33.6 Å². The molecule has 0 radical (unpaired) electrons. The van der Waals surface area contributed by atoms with Crippen molar-refractivity contribution >= 4 is 35.1 Å². The number of hydrogen-bond donors (Lipinski definition) is 0. The van der Waals surface area contributed by atoms with Gasteiger partial charge in [-0.2, -0.15) is 0 Å². The fraction of sp³-hybridized carbons (Fsp3) is 0.100. The van der Waals surface area contributed by atoms with Gasteiger partial charge in [0.25, 0.3) is 0 Å². The molecular formula is C20H14O9V. The van der Waals surface area contributed by atoms with E-state index in [9.17, 15) is 39.0 Å². The third-order valence-corrected chi connectivity index (χ3v) is 3.29. The molecule has 2 aromatic carbocycles. The zero-order chi connectivity index (χ0) is 23.1. The van der Waals surface area contributed by atoms with Crippen molar-refractivity contribution in [2.75, 3.05) is 0 Å². The topological polar surface area (TPSA) is 166 Å². The summed E-state index contributed by atoms with van der Waals surface area (Å²) in [5, 5.41) is 20.1. The number of carboxylic acid groups (broad SMARTS) is 2. The number of ketones is 4. The van der Waals surface area contributed by atoms with Gasteiger partial charge in [-0.3, -0.25) is 19.2 Å². The first-order valence-electron chi connectivity index (χ1n) is 8.05. The molecule has 0 spiro atoms. The molecule has 0 amide bonds. The van der Waals surface area contributed by atoms with Gasteiger partial charge in [-0.1, -0.05) is 60.7 Å². The molecule has 10 heteroatoms. The normalized spacial score (nSPS) is 9.00. The molecule has 0 aliphatic carbocycles. The molecule has 9 nitrogen and oxygen atoms in total. The number of Topliss-reactive ketones (excluding diaryl/α,β-unsaturated/α-hetero) is 4. The van der Waals surface area contributed by atoms with Crippen LogP contribution in [0.2, 0.25) is 0 Å². The van der Waals surface area contributed by atoms with Crippen molar-refractivity contribution in [1.82, 2.24) is 0 Å². The number of benzene rings is 2. The monoisotopic (exact) mass is 449 g/mol. The molecule has 0 heterocycles. The Kier molecular flexibility index (Phi) is 12.7. The maximum atomic E-state index is 11.2. The van der Waals surface area contributed by atoms with E-state index in [1.54, 1.807) is 36.4 Å². The van der Waals surface area contributed by atoms with Crippen molar-refractivity contribution in [3.63, 3.8) is 0 Å². The first-order chi connectivity index (χ1) is 14.2. The molecule has 2 aromatic rings. The quantitative estimate of drug-likeness (QED) is 0.280. The Morgan fingerprint density at radius 1 is 0.567 bits per heavy atom. The van der Waals surface area contributed by atoms with Crippen LogP contribution in [0.25, 0.3) is 0 Å². The van der Waals surface area contributed by atoms with Crippen LogP contribution in [0.15, 0.2) is 60.7 Å². The average molecular weight is 449 g/mol. The fourth-order valence-electron chi connectivity index (χ4n) is 1.89. The van der Waals surface area contributed by atoms with Crippen molar-refractivity contribution in [3.8, 4) is 0 Å². The molecule has 2 rings (SSSR count). The molecule has 0 N–H and O–H groups in total. The SMILES string of the molecule is O=C([O-])C(=O)CC(=O)c1ccccc1.O=C([O-])C(=O)CC(=O)c1ccccc1.[O]=[V+2]. The average Bonchev–Trinajstić information content (AvgIpc) is 2.76. The van der Waals surface area contributed by atoms with Gasteiger partial charge < -0.3 is 19.8 Å². The zero-order valence-electron chi connectivity index (χ0n) is 15.3. The van der Waals surface area contributed by atoms with E-state index in [4.69, 9.17) is 3.67 Å². The van der Waals surface area contributed by atoms with E-state index in [0.29, 0.717) is 11.1 Å². The molecule has 0 saturated heterocycles. The third-order valence-electron chi connectivity index (χ3n) is 3.29. The maximum absolute atomic E-state index is 11.2. The molecule has 0 unspecified atom stereocenters. The van der Waals surface area contributed by atoms with Crippen LogP contribution in [0.5, 0.6) is 0 Å². The van der Waals surface area contributed by atoms with Gasteiger partial charge >= 0.3 is 21.0 Å². The summed E-state index contributed by atoms with van der Waals surface area (Å²) >= 11 is 1.06.